The number of carbonyl (C=O) groups is 1. The number of halogens is 5. The zero-order chi connectivity index (χ0) is 26.0. The fraction of sp³-hybridized carbons (Fsp3) is 0.308. The Kier molecular flexibility index (Phi) is 7.66. The molecule has 0 unspecified atom stereocenters. The highest BCUT2D eigenvalue weighted by Crippen LogP contribution is 2.39. The van der Waals surface area contributed by atoms with Gasteiger partial charge in [-0.3, -0.25) is 4.79 Å². The lowest BCUT2D eigenvalue weighted by molar-refractivity contribution is -0.137. The van der Waals surface area contributed by atoms with Crippen LogP contribution in [0.25, 0.3) is 0 Å². The van der Waals surface area contributed by atoms with E-state index in [1.807, 2.05) is 13.0 Å². The van der Waals surface area contributed by atoms with Gasteiger partial charge in [0.2, 0.25) is 5.88 Å². The maximum Gasteiger partial charge on any atom is 0.416 e. The van der Waals surface area contributed by atoms with Gasteiger partial charge < -0.3 is 14.4 Å². The number of aromatic nitrogens is 1. The molecule has 2 aromatic carbocycles. The van der Waals surface area contributed by atoms with Gasteiger partial charge in [-0.2, -0.15) is 13.2 Å². The van der Waals surface area contributed by atoms with Gasteiger partial charge in [0, 0.05) is 42.8 Å². The molecule has 0 saturated carbocycles. The van der Waals surface area contributed by atoms with Crippen molar-refractivity contribution >= 4 is 29.1 Å². The Labute approximate surface area is 216 Å². The second-order valence-electron chi connectivity index (χ2n) is 8.59. The second kappa shape index (κ2) is 10.6. The van der Waals surface area contributed by atoms with Crippen LogP contribution in [0.2, 0.25) is 10.0 Å². The molecule has 1 aromatic heterocycles. The van der Waals surface area contributed by atoms with E-state index in [1.54, 1.807) is 29.2 Å². The molecule has 10 heteroatoms. The smallest absolute Gasteiger partial charge is 0.416 e. The number of rotatable bonds is 6. The Bertz CT molecular complexity index is 1240. The first-order valence-electron chi connectivity index (χ1n) is 11.1. The van der Waals surface area contributed by atoms with E-state index in [2.05, 4.69) is 4.98 Å². The first kappa shape index (κ1) is 26.1. The monoisotopic (exact) mass is 538 g/mol. The number of carbonyl (C=O) groups excluding carboxylic acids is 1. The van der Waals surface area contributed by atoms with Crippen molar-refractivity contribution in [2.75, 3.05) is 20.2 Å². The molecule has 36 heavy (non-hydrogen) atoms. The lowest BCUT2D eigenvalue weighted by Crippen LogP contribution is -2.32. The summed E-state index contributed by atoms with van der Waals surface area (Å²) in [5.41, 5.74) is 0.577. The van der Waals surface area contributed by atoms with E-state index in [0.717, 1.165) is 17.7 Å². The SMILES string of the molecule is COc1cc(C(=O)N2C[C@@H]([C@@H](C)Oc3ccc(C(F)(F)F)cc3)[C@H](c3ccc(Cl)c(Cl)c3)C2)ccn1. The molecule has 1 aliphatic heterocycles. The summed E-state index contributed by atoms with van der Waals surface area (Å²) in [6.45, 7) is 2.61. The lowest BCUT2D eigenvalue weighted by atomic mass is 9.85. The van der Waals surface area contributed by atoms with Crippen LogP contribution >= 0.6 is 23.2 Å². The molecule has 0 aliphatic carbocycles. The zero-order valence-electron chi connectivity index (χ0n) is 19.4. The number of amides is 1. The molecule has 0 bridgehead atoms. The van der Waals surface area contributed by atoms with Gasteiger partial charge in [-0.25, -0.2) is 4.98 Å². The highest BCUT2D eigenvalue weighted by Gasteiger charge is 2.40. The Balaban J connectivity index is 1.59. The summed E-state index contributed by atoms with van der Waals surface area (Å²) in [6, 6.07) is 13.1. The van der Waals surface area contributed by atoms with Crippen molar-refractivity contribution in [2.45, 2.75) is 25.1 Å². The van der Waals surface area contributed by atoms with Crippen LogP contribution in [0.15, 0.2) is 60.8 Å². The highest BCUT2D eigenvalue weighted by molar-refractivity contribution is 6.42. The lowest BCUT2D eigenvalue weighted by Gasteiger charge is -2.26. The minimum atomic E-state index is -4.43. The van der Waals surface area contributed by atoms with Crippen LogP contribution in [-0.4, -0.2) is 42.1 Å². The van der Waals surface area contributed by atoms with E-state index in [0.29, 0.717) is 40.3 Å². The number of ether oxygens (including phenoxy) is 2. The van der Waals surface area contributed by atoms with Gasteiger partial charge in [-0.1, -0.05) is 29.3 Å². The Morgan fingerprint density at radius 2 is 1.78 bits per heavy atom. The fourth-order valence-corrected chi connectivity index (χ4v) is 4.73. The summed E-state index contributed by atoms with van der Waals surface area (Å²) in [5, 5.41) is 0.814. The van der Waals surface area contributed by atoms with Gasteiger partial charge in [-0.05, 0) is 55.0 Å². The average molecular weight is 539 g/mol. The number of nitrogens with zero attached hydrogens (tertiary/aromatic N) is 2. The van der Waals surface area contributed by atoms with Crippen LogP contribution in [0.4, 0.5) is 13.2 Å². The molecule has 1 fully saturated rings. The van der Waals surface area contributed by atoms with Crippen molar-refractivity contribution in [1.29, 1.82) is 0 Å². The predicted octanol–water partition coefficient (Wildman–Crippen LogP) is 6.74. The van der Waals surface area contributed by atoms with Gasteiger partial charge in [0.05, 0.1) is 22.7 Å². The van der Waals surface area contributed by atoms with Crippen molar-refractivity contribution in [3.8, 4) is 11.6 Å². The van der Waals surface area contributed by atoms with Gasteiger partial charge in [-0.15, -0.1) is 0 Å². The molecule has 1 saturated heterocycles. The molecule has 1 aliphatic rings. The van der Waals surface area contributed by atoms with Crippen LogP contribution in [0.1, 0.15) is 34.3 Å². The minimum absolute atomic E-state index is 0.142. The third-order valence-corrected chi connectivity index (χ3v) is 7.06. The van der Waals surface area contributed by atoms with Crippen LogP contribution in [0.5, 0.6) is 11.6 Å². The summed E-state index contributed by atoms with van der Waals surface area (Å²) >= 11 is 12.4. The van der Waals surface area contributed by atoms with Crippen molar-refractivity contribution < 1.29 is 27.4 Å². The third-order valence-electron chi connectivity index (χ3n) is 6.32. The number of pyridine rings is 1. The summed E-state index contributed by atoms with van der Waals surface area (Å²) in [4.78, 5) is 19.1. The molecule has 2 heterocycles. The van der Waals surface area contributed by atoms with Gasteiger partial charge in [0.1, 0.15) is 11.9 Å². The van der Waals surface area contributed by atoms with E-state index in [9.17, 15) is 18.0 Å². The van der Waals surface area contributed by atoms with Gasteiger partial charge >= 0.3 is 6.18 Å². The molecule has 5 nitrogen and oxygen atoms in total. The number of likely N-dealkylation sites (tertiary alicyclic amines) is 1. The predicted molar refractivity (Wildman–Crippen MR) is 131 cm³/mol. The number of alkyl halides is 3. The normalized spacial score (nSPS) is 18.7. The van der Waals surface area contributed by atoms with Crippen LogP contribution in [0.3, 0.4) is 0 Å². The molecule has 3 aromatic rings. The first-order chi connectivity index (χ1) is 17.1. The molecule has 0 N–H and O–H groups in total. The molecular weight excluding hydrogens is 516 g/mol. The topological polar surface area (TPSA) is 51.7 Å². The van der Waals surface area contributed by atoms with Crippen molar-refractivity contribution in [1.82, 2.24) is 9.88 Å². The molecule has 0 radical (unpaired) electrons. The van der Waals surface area contributed by atoms with Gasteiger partial charge in [0.25, 0.3) is 5.91 Å². The maximum absolute atomic E-state index is 13.3. The van der Waals surface area contributed by atoms with E-state index >= 15 is 0 Å². The molecule has 3 atom stereocenters. The summed E-state index contributed by atoms with van der Waals surface area (Å²) in [7, 11) is 1.48. The Morgan fingerprint density at radius 3 is 2.42 bits per heavy atom. The largest absolute Gasteiger partial charge is 0.490 e. The van der Waals surface area contributed by atoms with E-state index in [4.69, 9.17) is 32.7 Å². The Morgan fingerprint density at radius 1 is 1.06 bits per heavy atom. The molecule has 1 amide bonds. The quantitative estimate of drug-likeness (QED) is 0.348. The van der Waals surface area contributed by atoms with Crippen molar-refractivity contribution in [2.24, 2.45) is 5.92 Å². The minimum Gasteiger partial charge on any atom is -0.490 e. The van der Waals surface area contributed by atoms with Crippen molar-refractivity contribution in [3.05, 3.63) is 87.5 Å². The number of benzene rings is 2. The van der Waals surface area contributed by atoms with Crippen LogP contribution in [0, 0.1) is 5.92 Å². The number of hydrogen-bond acceptors (Lipinski definition) is 4. The highest BCUT2D eigenvalue weighted by atomic mass is 35.5. The zero-order valence-corrected chi connectivity index (χ0v) is 20.9. The van der Waals surface area contributed by atoms with E-state index in [1.165, 1.54) is 25.4 Å². The molecule has 0 spiro atoms. The summed E-state index contributed by atoms with van der Waals surface area (Å²) in [6.07, 6.45) is -3.34. The third kappa shape index (κ3) is 5.71. The average Bonchev–Trinajstić information content (AvgIpc) is 3.31. The number of methoxy groups -OCH3 is 1. The second-order valence-corrected chi connectivity index (χ2v) is 9.40. The maximum atomic E-state index is 13.3. The van der Waals surface area contributed by atoms with Crippen molar-refractivity contribution in [3.63, 3.8) is 0 Å². The first-order valence-corrected chi connectivity index (χ1v) is 11.9. The standard InChI is InChI=1S/C26H23Cl2F3N2O3/c1-15(36-19-6-4-18(5-7-19)26(29,30)31)20-13-33(25(34)17-9-10-32-24(12-17)35-2)14-21(20)16-3-8-22(27)23(28)11-16/h3-12,15,20-21H,13-14H2,1-2H3/t15-,20+,21+/m1/s1. The molecule has 4 rings (SSSR count). The molecule has 190 valence electrons. The fourth-order valence-electron chi connectivity index (χ4n) is 4.43. The van der Waals surface area contributed by atoms with Gasteiger partial charge in [0.15, 0.2) is 0 Å². The molecular formula is C26H23Cl2F3N2O3. The number of hydrogen-bond donors (Lipinski definition) is 0. The summed E-state index contributed by atoms with van der Waals surface area (Å²) < 4.78 is 50.0. The van der Waals surface area contributed by atoms with E-state index in [-0.39, 0.29) is 17.7 Å². The Hall–Kier alpha value is -2.97. The van der Waals surface area contributed by atoms with Crippen LogP contribution in [-0.2, 0) is 6.18 Å². The van der Waals surface area contributed by atoms with Crippen LogP contribution < -0.4 is 9.47 Å². The van der Waals surface area contributed by atoms with E-state index < -0.39 is 17.8 Å². The summed E-state index contributed by atoms with van der Waals surface area (Å²) in [5.74, 6) is 0.141.